The van der Waals surface area contributed by atoms with Gasteiger partial charge in [0.25, 0.3) is 0 Å². The summed E-state index contributed by atoms with van der Waals surface area (Å²) in [5, 5.41) is 14.2. The van der Waals surface area contributed by atoms with Crippen molar-refractivity contribution in [3.05, 3.63) is 40.7 Å². The summed E-state index contributed by atoms with van der Waals surface area (Å²) in [5.74, 6) is 1.83. The van der Waals surface area contributed by atoms with E-state index in [1.165, 1.54) is 25.7 Å². The molecule has 3 aromatic rings. The number of benzene rings is 1. The van der Waals surface area contributed by atoms with E-state index in [1.807, 2.05) is 35.7 Å². The second-order valence-corrected chi connectivity index (χ2v) is 7.59. The highest BCUT2D eigenvalue weighted by molar-refractivity contribution is 7.16. The van der Waals surface area contributed by atoms with E-state index in [9.17, 15) is 0 Å². The zero-order chi connectivity index (χ0) is 17.1. The Kier molecular flexibility index (Phi) is 4.94. The van der Waals surface area contributed by atoms with E-state index in [0.717, 1.165) is 46.7 Å². The van der Waals surface area contributed by atoms with Crippen LogP contribution < -0.4 is 4.74 Å². The van der Waals surface area contributed by atoms with Gasteiger partial charge in [-0.05, 0) is 44.5 Å². The zero-order valence-electron chi connectivity index (χ0n) is 14.5. The van der Waals surface area contributed by atoms with Crippen molar-refractivity contribution < 1.29 is 4.74 Å². The summed E-state index contributed by atoms with van der Waals surface area (Å²) in [4.78, 5) is 3.31. The van der Waals surface area contributed by atoms with E-state index >= 15 is 0 Å². The summed E-state index contributed by atoms with van der Waals surface area (Å²) in [6, 6.07) is 8.04. The lowest BCUT2D eigenvalue weighted by atomic mass is 10.2. The Hall–Kier alpha value is -1.99. The minimum absolute atomic E-state index is 0.460. The molecule has 1 aromatic carbocycles. The first-order valence-corrected chi connectivity index (χ1v) is 9.72. The summed E-state index contributed by atoms with van der Waals surface area (Å²) in [6.45, 7) is 5.61. The molecule has 0 saturated carbocycles. The molecule has 0 N–H and O–H groups in total. The minimum atomic E-state index is 0.460. The monoisotopic (exact) mass is 357 g/mol. The maximum absolute atomic E-state index is 5.90. The molecule has 1 aliphatic rings. The number of para-hydroxylation sites is 1. The first-order chi connectivity index (χ1) is 12.3. The van der Waals surface area contributed by atoms with Gasteiger partial charge in [0.1, 0.15) is 12.4 Å². The number of aryl methyl sites for hydroxylation is 1. The van der Waals surface area contributed by atoms with E-state index in [-0.39, 0.29) is 0 Å². The van der Waals surface area contributed by atoms with Crippen molar-refractivity contribution in [2.75, 3.05) is 13.1 Å². The number of likely N-dealkylation sites (tertiary alicyclic amines) is 1. The third-order valence-electron chi connectivity index (χ3n) is 4.61. The fourth-order valence-electron chi connectivity index (χ4n) is 3.21. The topological polar surface area (TPSA) is 55.6 Å². The molecule has 0 bridgehead atoms. The minimum Gasteiger partial charge on any atom is -0.486 e. The van der Waals surface area contributed by atoms with E-state index in [4.69, 9.17) is 4.74 Å². The Morgan fingerprint density at radius 1 is 1.08 bits per heavy atom. The lowest BCUT2D eigenvalue weighted by Gasteiger charge is -2.17. The van der Waals surface area contributed by atoms with Crippen molar-refractivity contribution in [1.82, 2.24) is 24.7 Å². The van der Waals surface area contributed by atoms with Crippen LogP contribution in [0.3, 0.4) is 0 Å². The van der Waals surface area contributed by atoms with Crippen molar-refractivity contribution in [2.45, 2.75) is 45.8 Å². The average Bonchev–Trinajstić information content (AvgIpc) is 3.07. The molecule has 1 fully saturated rings. The first-order valence-electron chi connectivity index (χ1n) is 8.90. The fraction of sp³-hybridized carbons (Fsp3) is 0.500. The van der Waals surface area contributed by atoms with Gasteiger partial charge < -0.3 is 4.74 Å². The van der Waals surface area contributed by atoms with Crippen LogP contribution in [0.25, 0.3) is 4.96 Å². The van der Waals surface area contributed by atoms with Crippen LogP contribution in [0.15, 0.2) is 24.3 Å². The largest absolute Gasteiger partial charge is 0.486 e. The van der Waals surface area contributed by atoms with Crippen LogP contribution in [0, 0.1) is 6.92 Å². The highest BCUT2D eigenvalue weighted by Crippen LogP contribution is 2.21. The highest BCUT2D eigenvalue weighted by Gasteiger charge is 2.16. The maximum Gasteiger partial charge on any atom is 0.234 e. The van der Waals surface area contributed by atoms with E-state index in [2.05, 4.69) is 20.2 Å². The van der Waals surface area contributed by atoms with Gasteiger partial charge in [0.05, 0.1) is 6.54 Å². The Labute approximate surface area is 151 Å². The molecule has 0 amide bonds. The molecule has 7 heteroatoms. The third-order valence-corrected chi connectivity index (χ3v) is 5.48. The molecule has 0 radical (unpaired) electrons. The molecule has 4 rings (SSSR count). The summed E-state index contributed by atoms with van der Waals surface area (Å²) in [5.41, 5.74) is 1.13. The van der Waals surface area contributed by atoms with Gasteiger partial charge in [-0.25, -0.2) is 0 Å². The van der Waals surface area contributed by atoms with Gasteiger partial charge in [-0.15, -0.1) is 10.2 Å². The predicted molar refractivity (Wildman–Crippen MR) is 97.9 cm³/mol. The Morgan fingerprint density at radius 3 is 2.68 bits per heavy atom. The average molecular weight is 357 g/mol. The molecule has 2 aromatic heterocycles. The Balaban J connectivity index is 1.45. The molecular formula is C18H23N5OS. The molecule has 0 unspecified atom stereocenters. The van der Waals surface area contributed by atoms with Crippen LogP contribution in [0.4, 0.5) is 0 Å². The molecule has 1 saturated heterocycles. The standard InChI is InChI=1S/C18H23N5OS/c1-14-8-4-5-9-15(14)24-13-17-21-23-16(19-20-18(23)25-17)12-22-10-6-2-3-7-11-22/h4-5,8-9H,2-3,6-7,10-13H2,1H3. The molecule has 0 aliphatic carbocycles. The highest BCUT2D eigenvalue weighted by atomic mass is 32.1. The van der Waals surface area contributed by atoms with Crippen LogP contribution in [0.1, 0.15) is 42.1 Å². The normalized spacial score (nSPS) is 16.2. The maximum atomic E-state index is 5.90. The smallest absolute Gasteiger partial charge is 0.234 e. The number of ether oxygens (including phenoxy) is 1. The van der Waals surface area contributed by atoms with Crippen LogP contribution >= 0.6 is 11.3 Å². The number of fused-ring (bicyclic) bond motifs is 1. The molecule has 25 heavy (non-hydrogen) atoms. The van der Waals surface area contributed by atoms with Crippen LogP contribution in [0.5, 0.6) is 5.75 Å². The van der Waals surface area contributed by atoms with E-state index in [0.29, 0.717) is 6.61 Å². The summed E-state index contributed by atoms with van der Waals surface area (Å²) in [6.07, 6.45) is 5.22. The summed E-state index contributed by atoms with van der Waals surface area (Å²) < 4.78 is 7.79. The van der Waals surface area contributed by atoms with E-state index < -0.39 is 0 Å². The van der Waals surface area contributed by atoms with Crippen molar-refractivity contribution >= 4 is 16.3 Å². The first kappa shape index (κ1) is 16.5. The number of hydrogen-bond acceptors (Lipinski definition) is 6. The van der Waals surface area contributed by atoms with Crippen molar-refractivity contribution in [3.8, 4) is 5.75 Å². The fourth-order valence-corrected chi connectivity index (χ4v) is 3.97. The number of rotatable bonds is 5. The molecule has 6 nitrogen and oxygen atoms in total. The van der Waals surface area contributed by atoms with Crippen LogP contribution in [-0.4, -0.2) is 37.8 Å². The van der Waals surface area contributed by atoms with Gasteiger partial charge in [0.2, 0.25) is 4.96 Å². The Morgan fingerprint density at radius 2 is 1.88 bits per heavy atom. The molecule has 132 valence electrons. The molecule has 0 spiro atoms. The quantitative estimate of drug-likeness (QED) is 0.700. The van der Waals surface area contributed by atoms with Gasteiger partial charge in [0, 0.05) is 0 Å². The van der Waals surface area contributed by atoms with Gasteiger partial charge in [-0.2, -0.15) is 9.61 Å². The summed E-state index contributed by atoms with van der Waals surface area (Å²) in [7, 11) is 0. The van der Waals surface area contributed by atoms with Gasteiger partial charge >= 0.3 is 0 Å². The molecular weight excluding hydrogens is 334 g/mol. The second kappa shape index (κ2) is 7.49. The molecule has 1 aliphatic heterocycles. The lowest BCUT2D eigenvalue weighted by Crippen LogP contribution is -2.25. The molecule has 0 atom stereocenters. The van der Waals surface area contributed by atoms with Crippen molar-refractivity contribution in [1.29, 1.82) is 0 Å². The second-order valence-electron chi connectivity index (χ2n) is 6.55. The number of hydrogen-bond donors (Lipinski definition) is 0. The summed E-state index contributed by atoms with van der Waals surface area (Å²) >= 11 is 1.54. The Bertz CT molecular complexity index is 835. The van der Waals surface area contributed by atoms with Gasteiger partial charge in [0.15, 0.2) is 10.8 Å². The van der Waals surface area contributed by atoms with Crippen LogP contribution in [0.2, 0.25) is 0 Å². The van der Waals surface area contributed by atoms with E-state index in [1.54, 1.807) is 11.3 Å². The van der Waals surface area contributed by atoms with Crippen molar-refractivity contribution in [3.63, 3.8) is 0 Å². The third kappa shape index (κ3) is 3.82. The number of aromatic nitrogens is 4. The van der Waals surface area contributed by atoms with Gasteiger partial charge in [-0.1, -0.05) is 42.4 Å². The predicted octanol–water partition coefficient (Wildman–Crippen LogP) is 3.45. The SMILES string of the molecule is Cc1ccccc1OCc1nn2c(CN3CCCCCC3)nnc2s1. The van der Waals surface area contributed by atoms with Crippen LogP contribution in [-0.2, 0) is 13.2 Å². The lowest BCUT2D eigenvalue weighted by molar-refractivity contribution is 0.267. The van der Waals surface area contributed by atoms with Crippen molar-refractivity contribution in [2.24, 2.45) is 0 Å². The van der Waals surface area contributed by atoms with Gasteiger partial charge in [-0.3, -0.25) is 4.90 Å². The number of nitrogens with zero attached hydrogens (tertiary/aromatic N) is 5. The zero-order valence-corrected chi connectivity index (χ0v) is 15.3. The molecule has 3 heterocycles.